The molecule has 1 heterocycles. The molecule has 0 bridgehead atoms. The van der Waals surface area contributed by atoms with Crippen molar-refractivity contribution >= 4 is 11.6 Å². The summed E-state index contributed by atoms with van der Waals surface area (Å²) in [5, 5.41) is 0. The van der Waals surface area contributed by atoms with Gasteiger partial charge in [-0.25, -0.2) is 4.39 Å². The van der Waals surface area contributed by atoms with Crippen LogP contribution >= 0.6 is 11.6 Å². The lowest BCUT2D eigenvalue weighted by molar-refractivity contribution is 0.233. The molecule has 2 nitrogen and oxygen atoms in total. The Kier molecular flexibility index (Phi) is 5.46. The largest absolute Gasteiger partial charge is 0.494 e. The second kappa shape index (κ2) is 7.11. The van der Waals surface area contributed by atoms with E-state index in [1.54, 1.807) is 12.1 Å². The quantitative estimate of drug-likeness (QED) is 0.737. The number of hydrogen-bond acceptors (Lipinski definition) is 2. The molecule has 1 aromatic rings. The summed E-state index contributed by atoms with van der Waals surface area (Å²) in [5.74, 6) is 0.752. The molecule has 1 fully saturated rings. The van der Waals surface area contributed by atoms with Crippen LogP contribution in [0.5, 0.6) is 5.75 Å². The highest BCUT2D eigenvalue weighted by Gasteiger charge is 2.24. The molecule has 4 heteroatoms. The van der Waals surface area contributed by atoms with Crippen LogP contribution in [0.25, 0.3) is 0 Å². The van der Waals surface area contributed by atoms with E-state index in [1.165, 1.54) is 20.0 Å². The molecule has 1 aliphatic heterocycles. The van der Waals surface area contributed by atoms with Crippen LogP contribution in [0.1, 0.15) is 31.2 Å². The minimum atomic E-state index is -0.281. The van der Waals surface area contributed by atoms with Crippen LogP contribution < -0.4 is 4.74 Å². The Labute approximate surface area is 119 Å². The van der Waals surface area contributed by atoms with Gasteiger partial charge in [0.25, 0.3) is 0 Å². The smallest absolute Gasteiger partial charge is 0.165 e. The second-order valence-electron chi connectivity index (χ2n) is 5.07. The SMILES string of the molecule is COc1ccc(CN2CCCC2CCCCl)cc1F. The van der Waals surface area contributed by atoms with Crippen molar-refractivity contribution in [2.75, 3.05) is 19.5 Å². The fourth-order valence-corrected chi connectivity index (χ4v) is 2.94. The number of hydrogen-bond donors (Lipinski definition) is 0. The number of methoxy groups -OCH3 is 1. The number of likely N-dealkylation sites (tertiary alicyclic amines) is 1. The van der Waals surface area contributed by atoms with E-state index in [2.05, 4.69) is 4.90 Å². The average Bonchev–Trinajstić information content (AvgIpc) is 2.84. The standard InChI is InChI=1S/C15H21ClFNO/c1-19-15-7-6-12(10-14(15)17)11-18-9-3-5-13(18)4-2-8-16/h6-7,10,13H,2-5,8-9,11H2,1H3. The fraction of sp³-hybridized carbons (Fsp3) is 0.600. The lowest BCUT2D eigenvalue weighted by Gasteiger charge is -2.24. The highest BCUT2D eigenvalue weighted by Crippen LogP contribution is 2.25. The Balaban J connectivity index is 1.97. The maximum Gasteiger partial charge on any atom is 0.165 e. The Bertz CT molecular complexity index is 413. The maximum atomic E-state index is 13.7. The van der Waals surface area contributed by atoms with Crippen molar-refractivity contribution in [3.63, 3.8) is 0 Å². The van der Waals surface area contributed by atoms with Crippen molar-refractivity contribution in [1.82, 2.24) is 4.90 Å². The highest BCUT2D eigenvalue weighted by atomic mass is 35.5. The normalized spacial score (nSPS) is 19.8. The van der Waals surface area contributed by atoms with Crippen LogP contribution in [-0.2, 0) is 6.54 Å². The average molecular weight is 286 g/mol. The number of ether oxygens (including phenoxy) is 1. The molecule has 1 unspecified atom stereocenters. The minimum Gasteiger partial charge on any atom is -0.494 e. The molecule has 0 aliphatic carbocycles. The van der Waals surface area contributed by atoms with Crippen LogP contribution in [0, 0.1) is 5.82 Å². The zero-order chi connectivity index (χ0) is 13.7. The first-order valence-corrected chi connectivity index (χ1v) is 7.40. The van der Waals surface area contributed by atoms with E-state index in [0.29, 0.717) is 11.8 Å². The molecule has 0 radical (unpaired) electrons. The summed E-state index contributed by atoms with van der Waals surface area (Å²) >= 11 is 5.76. The summed E-state index contributed by atoms with van der Waals surface area (Å²) in [6, 6.07) is 5.83. The summed E-state index contributed by atoms with van der Waals surface area (Å²) in [6.45, 7) is 1.91. The van der Waals surface area contributed by atoms with E-state index in [4.69, 9.17) is 16.3 Å². The number of rotatable bonds is 6. The minimum absolute atomic E-state index is 0.281. The summed E-state index contributed by atoms with van der Waals surface area (Å²) in [4.78, 5) is 2.44. The molecule has 0 spiro atoms. The summed E-state index contributed by atoms with van der Waals surface area (Å²) in [7, 11) is 1.49. The molecular weight excluding hydrogens is 265 g/mol. The molecule has 0 N–H and O–H groups in total. The summed E-state index contributed by atoms with van der Waals surface area (Å²) in [6.07, 6.45) is 4.66. The summed E-state index contributed by atoms with van der Waals surface area (Å²) < 4.78 is 18.6. The molecule has 1 saturated heterocycles. The molecule has 1 aromatic carbocycles. The third kappa shape index (κ3) is 3.83. The maximum absolute atomic E-state index is 13.7. The van der Waals surface area contributed by atoms with Crippen molar-refractivity contribution in [3.8, 4) is 5.75 Å². The first-order valence-electron chi connectivity index (χ1n) is 6.87. The third-order valence-corrected chi connectivity index (χ3v) is 4.04. The number of benzene rings is 1. The number of nitrogens with zero attached hydrogens (tertiary/aromatic N) is 1. The molecule has 19 heavy (non-hydrogen) atoms. The highest BCUT2D eigenvalue weighted by molar-refractivity contribution is 6.17. The monoisotopic (exact) mass is 285 g/mol. The van der Waals surface area contributed by atoms with Gasteiger partial charge in [-0.3, -0.25) is 4.90 Å². The summed E-state index contributed by atoms with van der Waals surface area (Å²) in [5.41, 5.74) is 1.01. The zero-order valence-corrected chi connectivity index (χ0v) is 12.1. The lowest BCUT2D eigenvalue weighted by atomic mass is 10.1. The molecular formula is C15H21ClFNO. The van der Waals surface area contributed by atoms with Gasteiger partial charge in [0.15, 0.2) is 11.6 Å². The first kappa shape index (κ1) is 14.6. The van der Waals surface area contributed by atoms with Crippen molar-refractivity contribution < 1.29 is 9.13 Å². The molecule has 0 amide bonds. The molecule has 0 aromatic heterocycles. The predicted octanol–water partition coefficient (Wildman–Crippen LogP) is 3.82. The zero-order valence-electron chi connectivity index (χ0n) is 11.4. The Morgan fingerprint density at radius 1 is 1.47 bits per heavy atom. The van der Waals surface area contributed by atoms with E-state index in [-0.39, 0.29) is 5.82 Å². The van der Waals surface area contributed by atoms with Crippen LogP contribution in [0.3, 0.4) is 0 Å². The topological polar surface area (TPSA) is 12.5 Å². The van der Waals surface area contributed by atoms with Gasteiger partial charge in [-0.1, -0.05) is 6.07 Å². The van der Waals surface area contributed by atoms with Gasteiger partial charge in [0.1, 0.15) is 0 Å². The number of alkyl halides is 1. The predicted molar refractivity (Wildman–Crippen MR) is 76.3 cm³/mol. The van der Waals surface area contributed by atoms with E-state index >= 15 is 0 Å². The van der Waals surface area contributed by atoms with Gasteiger partial charge in [0.05, 0.1) is 7.11 Å². The Morgan fingerprint density at radius 3 is 3.00 bits per heavy atom. The molecule has 106 valence electrons. The lowest BCUT2D eigenvalue weighted by Crippen LogP contribution is -2.28. The number of halogens is 2. The van der Waals surface area contributed by atoms with Gasteiger partial charge in [-0.15, -0.1) is 11.6 Å². The van der Waals surface area contributed by atoms with Crippen molar-refractivity contribution in [3.05, 3.63) is 29.6 Å². The molecule has 1 atom stereocenters. The van der Waals surface area contributed by atoms with E-state index < -0.39 is 0 Å². The van der Waals surface area contributed by atoms with Crippen LogP contribution in [-0.4, -0.2) is 30.5 Å². The van der Waals surface area contributed by atoms with E-state index in [1.807, 2.05) is 6.07 Å². The van der Waals surface area contributed by atoms with Gasteiger partial charge in [-0.2, -0.15) is 0 Å². The van der Waals surface area contributed by atoms with Crippen LogP contribution in [0.2, 0.25) is 0 Å². The fourth-order valence-electron chi connectivity index (χ4n) is 2.79. The van der Waals surface area contributed by atoms with Crippen molar-refractivity contribution in [2.24, 2.45) is 0 Å². The molecule has 1 aliphatic rings. The van der Waals surface area contributed by atoms with Gasteiger partial charge < -0.3 is 4.74 Å². The first-order chi connectivity index (χ1) is 9.24. The van der Waals surface area contributed by atoms with E-state index in [9.17, 15) is 4.39 Å². The van der Waals surface area contributed by atoms with Gasteiger partial charge in [0, 0.05) is 18.5 Å². The second-order valence-corrected chi connectivity index (χ2v) is 5.44. The van der Waals surface area contributed by atoms with Crippen LogP contribution in [0.15, 0.2) is 18.2 Å². The molecule has 0 saturated carbocycles. The Hall–Kier alpha value is -0.800. The van der Waals surface area contributed by atoms with E-state index in [0.717, 1.165) is 37.4 Å². The van der Waals surface area contributed by atoms with Crippen molar-refractivity contribution in [1.29, 1.82) is 0 Å². The molecule has 2 rings (SSSR count). The van der Waals surface area contributed by atoms with Crippen LogP contribution in [0.4, 0.5) is 4.39 Å². The third-order valence-electron chi connectivity index (χ3n) is 3.77. The van der Waals surface area contributed by atoms with Gasteiger partial charge in [0.2, 0.25) is 0 Å². The van der Waals surface area contributed by atoms with Crippen molar-refractivity contribution in [2.45, 2.75) is 38.3 Å². The van der Waals surface area contributed by atoms with Gasteiger partial charge in [-0.05, 0) is 49.9 Å². The van der Waals surface area contributed by atoms with Gasteiger partial charge >= 0.3 is 0 Å². The Morgan fingerprint density at radius 2 is 2.32 bits per heavy atom.